The predicted molar refractivity (Wildman–Crippen MR) is 118 cm³/mol. The van der Waals surface area contributed by atoms with Crippen LogP contribution in [0.15, 0.2) is 60.7 Å². The van der Waals surface area contributed by atoms with Gasteiger partial charge in [0.1, 0.15) is 13.2 Å². The van der Waals surface area contributed by atoms with Gasteiger partial charge in [0.2, 0.25) is 17.7 Å². The molecule has 1 aliphatic carbocycles. The Kier molecular flexibility index (Phi) is 6.54. The zero-order chi connectivity index (χ0) is 22.5. The fourth-order valence-electron chi connectivity index (χ4n) is 4.10. The number of amides is 3. The number of nitrogens with one attached hydrogen (secondary N) is 1. The van der Waals surface area contributed by atoms with Crippen molar-refractivity contribution in [3.8, 4) is 11.5 Å². The maximum atomic E-state index is 12.5. The standard InChI is InChI=1S/C25H26N2O5/c1-31-22-13-18(11-12-21(22)32-16-17-7-3-2-4-8-17)14-26-23(28)15-27-24(29)19-9-5-6-10-20(19)25(27)30/h2-8,11-13,19-20H,9-10,14-16H2,1H3,(H,26,28)/t19-,20-/m0/s1. The number of hydrogen-bond acceptors (Lipinski definition) is 5. The Balaban J connectivity index is 1.32. The number of benzene rings is 2. The minimum absolute atomic E-state index is 0.249. The lowest BCUT2D eigenvalue weighted by Gasteiger charge is -2.15. The Morgan fingerprint density at radius 2 is 1.66 bits per heavy atom. The second kappa shape index (κ2) is 9.68. The third kappa shape index (κ3) is 4.66. The highest BCUT2D eigenvalue weighted by atomic mass is 16.5. The average Bonchev–Trinajstić information content (AvgIpc) is 3.07. The van der Waals surface area contributed by atoms with Gasteiger partial charge >= 0.3 is 0 Å². The summed E-state index contributed by atoms with van der Waals surface area (Å²) in [5, 5.41) is 2.78. The Hall–Kier alpha value is -3.61. The van der Waals surface area contributed by atoms with Gasteiger partial charge < -0.3 is 14.8 Å². The van der Waals surface area contributed by atoms with Crippen LogP contribution in [0.4, 0.5) is 0 Å². The highest BCUT2D eigenvalue weighted by Crippen LogP contribution is 2.34. The minimum atomic E-state index is -0.373. The lowest BCUT2D eigenvalue weighted by atomic mass is 9.85. The maximum Gasteiger partial charge on any atom is 0.240 e. The Morgan fingerprint density at radius 1 is 0.969 bits per heavy atom. The molecule has 2 aromatic carbocycles. The van der Waals surface area contributed by atoms with Crippen LogP contribution in [0.25, 0.3) is 0 Å². The van der Waals surface area contributed by atoms with E-state index in [0.29, 0.717) is 30.9 Å². The zero-order valence-corrected chi connectivity index (χ0v) is 18.0. The van der Waals surface area contributed by atoms with Crippen molar-refractivity contribution in [1.82, 2.24) is 10.2 Å². The molecule has 3 amide bonds. The molecule has 4 rings (SSSR count). The zero-order valence-electron chi connectivity index (χ0n) is 18.0. The van der Waals surface area contributed by atoms with Crippen molar-refractivity contribution >= 4 is 17.7 Å². The van der Waals surface area contributed by atoms with Crippen molar-refractivity contribution in [2.24, 2.45) is 11.8 Å². The first-order chi connectivity index (χ1) is 15.6. The summed E-state index contributed by atoms with van der Waals surface area (Å²) < 4.78 is 11.3. The molecule has 1 fully saturated rings. The summed E-state index contributed by atoms with van der Waals surface area (Å²) >= 11 is 0. The van der Waals surface area contributed by atoms with E-state index in [9.17, 15) is 14.4 Å². The minimum Gasteiger partial charge on any atom is -0.493 e. The molecule has 7 heteroatoms. The molecule has 1 aliphatic heterocycles. The van der Waals surface area contributed by atoms with Crippen molar-refractivity contribution in [1.29, 1.82) is 0 Å². The number of rotatable bonds is 8. The van der Waals surface area contributed by atoms with Crippen LogP contribution in [-0.4, -0.2) is 36.3 Å². The monoisotopic (exact) mass is 434 g/mol. The Morgan fingerprint density at radius 3 is 2.31 bits per heavy atom. The first-order valence-corrected chi connectivity index (χ1v) is 10.7. The number of fused-ring (bicyclic) bond motifs is 1. The molecule has 0 unspecified atom stereocenters. The molecular weight excluding hydrogens is 408 g/mol. The fraction of sp³-hybridized carbons (Fsp3) is 0.320. The number of ether oxygens (including phenoxy) is 2. The van der Waals surface area contributed by atoms with Crippen molar-refractivity contribution in [2.75, 3.05) is 13.7 Å². The van der Waals surface area contributed by atoms with E-state index >= 15 is 0 Å². The number of likely N-dealkylation sites (tertiary alicyclic amines) is 1. The van der Waals surface area contributed by atoms with Gasteiger partial charge in [0.15, 0.2) is 11.5 Å². The summed E-state index contributed by atoms with van der Waals surface area (Å²) in [5.74, 6) is -0.352. The molecule has 1 saturated heterocycles. The van der Waals surface area contributed by atoms with Crippen LogP contribution in [0, 0.1) is 11.8 Å². The molecule has 0 spiro atoms. The molecule has 2 aromatic rings. The summed E-state index contributed by atoms with van der Waals surface area (Å²) in [6.45, 7) is 0.418. The quantitative estimate of drug-likeness (QED) is 0.510. The van der Waals surface area contributed by atoms with Gasteiger partial charge in [-0.05, 0) is 36.1 Å². The molecule has 2 aliphatic rings. The molecule has 0 saturated carbocycles. The van der Waals surface area contributed by atoms with Crippen molar-refractivity contribution in [3.05, 3.63) is 71.8 Å². The lowest BCUT2D eigenvalue weighted by Crippen LogP contribution is -2.40. The highest BCUT2D eigenvalue weighted by molar-refractivity contribution is 6.07. The van der Waals surface area contributed by atoms with Gasteiger partial charge in [-0.1, -0.05) is 48.6 Å². The van der Waals surface area contributed by atoms with Crippen molar-refractivity contribution < 1.29 is 23.9 Å². The summed E-state index contributed by atoms with van der Waals surface area (Å²) in [7, 11) is 1.56. The average molecular weight is 434 g/mol. The summed E-state index contributed by atoms with van der Waals surface area (Å²) in [5.41, 5.74) is 1.87. The van der Waals surface area contributed by atoms with Crippen LogP contribution in [-0.2, 0) is 27.5 Å². The second-order valence-electron chi connectivity index (χ2n) is 7.95. The SMILES string of the molecule is COc1cc(CNC(=O)CN2C(=O)[C@H]3CC=CC[C@@H]3C2=O)ccc1OCc1ccccc1. The second-order valence-corrected chi connectivity index (χ2v) is 7.95. The van der Waals surface area contributed by atoms with Crippen molar-refractivity contribution in [2.45, 2.75) is 26.0 Å². The number of nitrogens with zero attached hydrogens (tertiary/aromatic N) is 1. The van der Waals surface area contributed by atoms with Gasteiger partial charge in [0.25, 0.3) is 0 Å². The molecule has 166 valence electrons. The number of hydrogen-bond donors (Lipinski definition) is 1. The normalized spacial score (nSPS) is 19.6. The van der Waals surface area contributed by atoms with Crippen LogP contribution in [0.1, 0.15) is 24.0 Å². The molecular formula is C25H26N2O5. The molecule has 2 atom stereocenters. The van der Waals surface area contributed by atoms with Gasteiger partial charge in [-0.25, -0.2) is 0 Å². The van der Waals surface area contributed by atoms with Gasteiger partial charge in [0, 0.05) is 6.54 Å². The van der Waals surface area contributed by atoms with Crippen LogP contribution in [0.2, 0.25) is 0 Å². The van der Waals surface area contributed by atoms with E-state index in [1.165, 1.54) is 0 Å². The van der Waals surface area contributed by atoms with Gasteiger partial charge in [-0.15, -0.1) is 0 Å². The van der Waals surface area contributed by atoms with Crippen LogP contribution in [0.5, 0.6) is 11.5 Å². The van der Waals surface area contributed by atoms with E-state index in [4.69, 9.17) is 9.47 Å². The van der Waals surface area contributed by atoms with E-state index in [1.54, 1.807) is 19.2 Å². The van der Waals surface area contributed by atoms with Crippen LogP contribution in [0.3, 0.4) is 0 Å². The number of methoxy groups -OCH3 is 1. The molecule has 1 heterocycles. The molecule has 32 heavy (non-hydrogen) atoms. The largest absolute Gasteiger partial charge is 0.493 e. The number of carbonyl (C=O) groups is 3. The first kappa shape index (κ1) is 21.6. The van der Waals surface area contributed by atoms with E-state index in [2.05, 4.69) is 5.32 Å². The lowest BCUT2D eigenvalue weighted by molar-refractivity contribution is -0.143. The van der Waals surface area contributed by atoms with Gasteiger partial charge in [-0.2, -0.15) is 0 Å². The molecule has 0 bridgehead atoms. The Labute approximate surface area is 187 Å². The van der Waals surface area contributed by atoms with Crippen LogP contribution >= 0.6 is 0 Å². The summed E-state index contributed by atoms with van der Waals surface area (Å²) in [6, 6.07) is 15.3. The molecule has 1 N–H and O–H groups in total. The molecule has 0 aromatic heterocycles. The summed E-state index contributed by atoms with van der Waals surface area (Å²) in [6.07, 6.45) is 4.98. The Bertz CT molecular complexity index is 1010. The topological polar surface area (TPSA) is 84.9 Å². The van der Waals surface area contributed by atoms with E-state index in [0.717, 1.165) is 16.0 Å². The number of carbonyl (C=O) groups excluding carboxylic acids is 3. The van der Waals surface area contributed by atoms with Crippen LogP contribution < -0.4 is 14.8 Å². The molecule has 7 nitrogen and oxygen atoms in total. The number of imide groups is 1. The third-order valence-electron chi connectivity index (χ3n) is 5.86. The fourth-order valence-corrected chi connectivity index (χ4v) is 4.10. The highest BCUT2D eigenvalue weighted by Gasteiger charge is 2.47. The van der Waals surface area contributed by atoms with Gasteiger partial charge in [0.05, 0.1) is 18.9 Å². The predicted octanol–water partition coefficient (Wildman–Crippen LogP) is 2.84. The molecule has 0 radical (unpaired) electrons. The maximum absolute atomic E-state index is 12.5. The van der Waals surface area contributed by atoms with E-state index < -0.39 is 0 Å². The number of allylic oxidation sites excluding steroid dienone is 2. The smallest absolute Gasteiger partial charge is 0.240 e. The summed E-state index contributed by atoms with van der Waals surface area (Å²) in [4.78, 5) is 38.5. The van der Waals surface area contributed by atoms with Crippen molar-refractivity contribution in [3.63, 3.8) is 0 Å². The third-order valence-corrected chi connectivity index (χ3v) is 5.86. The van der Waals surface area contributed by atoms with Gasteiger partial charge in [-0.3, -0.25) is 19.3 Å². The van der Waals surface area contributed by atoms with E-state index in [-0.39, 0.29) is 42.6 Å². The van der Waals surface area contributed by atoms with E-state index in [1.807, 2.05) is 48.6 Å². The first-order valence-electron chi connectivity index (χ1n) is 10.7.